The predicted octanol–water partition coefficient (Wildman–Crippen LogP) is 3.58. The standard InChI is InChI=1S/C10H12BrFO/c1-10(2,12)7-13-9-5-3-8(11)4-6-9/h3-6H,7H2,1-2H3. The van der Waals surface area contributed by atoms with Crippen molar-refractivity contribution in [2.45, 2.75) is 19.5 Å². The Hall–Kier alpha value is -0.570. The van der Waals surface area contributed by atoms with Crippen LogP contribution < -0.4 is 4.74 Å². The van der Waals surface area contributed by atoms with E-state index in [4.69, 9.17) is 4.74 Å². The zero-order valence-electron chi connectivity index (χ0n) is 7.68. The van der Waals surface area contributed by atoms with E-state index in [1.165, 1.54) is 13.8 Å². The first-order valence-corrected chi connectivity index (χ1v) is 4.84. The van der Waals surface area contributed by atoms with E-state index in [0.717, 1.165) is 4.47 Å². The van der Waals surface area contributed by atoms with Crippen molar-refractivity contribution in [3.05, 3.63) is 28.7 Å². The molecule has 0 saturated carbocycles. The first-order chi connectivity index (χ1) is 5.97. The lowest BCUT2D eigenvalue weighted by atomic mass is 10.2. The molecule has 1 rings (SSSR count). The summed E-state index contributed by atoms with van der Waals surface area (Å²) in [5.41, 5.74) is -1.28. The summed E-state index contributed by atoms with van der Waals surface area (Å²) in [6.45, 7) is 3.06. The second-order valence-corrected chi connectivity index (χ2v) is 4.38. The van der Waals surface area contributed by atoms with Gasteiger partial charge < -0.3 is 4.74 Å². The van der Waals surface area contributed by atoms with Gasteiger partial charge in [-0.3, -0.25) is 0 Å². The molecule has 1 aromatic carbocycles. The maximum Gasteiger partial charge on any atom is 0.139 e. The summed E-state index contributed by atoms with van der Waals surface area (Å²) in [6, 6.07) is 7.33. The fourth-order valence-electron chi connectivity index (χ4n) is 0.786. The first-order valence-electron chi connectivity index (χ1n) is 4.05. The zero-order chi connectivity index (χ0) is 9.90. The molecule has 0 heterocycles. The maximum atomic E-state index is 13.0. The van der Waals surface area contributed by atoms with Crippen molar-refractivity contribution in [2.24, 2.45) is 0 Å². The lowest BCUT2D eigenvalue weighted by molar-refractivity contribution is 0.121. The zero-order valence-corrected chi connectivity index (χ0v) is 9.27. The lowest BCUT2D eigenvalue weighted by Crippen LogP contribution is -2.22. The second-order valence-electron chi connectivity index (χ2n) is 3.46. The van der Waals surface area contributed by atoms with Crippen molar-refractivity contribution >= 4 is 15.9 Å². The molecule has 0 radical (unpaired) electrons. The summed E-state index contributed by atoms with van der Waals surface area (Å²) >= 11 is 3.31. The topological polar surface area (TPSA) is 9.23 Å². The van der Waals surface area contributed by atoms with Gasteiger partial charge in [-0.15, -0.1) is 0 Å². The molecule has 72 valence electrons. The number of hydrogen-bond acceptors (Lipinski definition) is 1. The van der Waals surface area contributed by atoms with Gasteiger partial charge in [0.2, 0.25) is 0 Å². The van der Waals surface area contributed by atoms with Gasteiger partial charge in [0.1, 0.15) is 18.0 Å². The van der Waals surface area contributed by atoms with E-state index in [0.29, 0.717) is 5.75 Å². The summed E-state index contributed by atoms with van der Waals surface area (Å²) in [7, 11) is 0. The van der Waals surface area contributed by atoms with Crippen LogP contribution in [0.3, 0.4) is 0 Å². The molecule has 1 aromatic rings. The molecule has 0 bridgehead atoms. The van der Waals surface area contributed by atoms with Gasteiger partial charge >= 0.3 is 0 Å². The molecule has 3 heteroatoms. The number of halogens is 2. The van der Waals surface area contributed by atoms with E-state index in [-0.39, 0.29) is 6.61 Å². The summed E-state index contributed by atoms with van der Waals surface area (Å²) < 4.78 is 19.2. The van der Waals surface area contributed by atoms with Gasteiger partial charge in [0.05, 0.1) is 0 Å². The van der Waals surface area contributed by atoms with Gasteiger partial charge in [-0.2, -0.15) is 0 Å². The summed E-state index contributed by atoms with van der Waals surface area (Å²) in [4.78, 5) is 0. The van der Waals surface area contributed by atoms with Crippen molar-refractivity contribution < 1.29 is 9.13 Å². The fraction of sp³-hybridized carbons (Fsp3) is 0.400. The molecule has 0 aliphatic heterocycles. The largest absolute Gasteiger partial charge is 0.490 e. The molecule has 0 spiro atoms. The van der Waals surface area contributed by atoms with Gasteiger partial charge in [-0.25, -0.2) is 4.39 Å². The summed E-state index contributed by atoms with van der Waals surface area (Å²) in [6.07, 6.45) is 0. The van der Waals surface area contributed by atoms with Gasteiger partial charge in [0, 0.05) is 4.47 Å². The van der Waals surface area contributed by atoms with E-state index in [9.17, 15) is 4.39 Å². The smallest absolute Gasteiger partial charge is 0.139 e. The molecule has 0 atom stereocenters. The van der Waals surface area contributed by atoms with Crippen molar-refractivity contribution in [3.63, 3.8) is 0 Å². The molecule has 0 aliphatic rings. The Kier molecular flexibility index (Phi) is 3.31. The highest BCUT2D eigenvalue weighted by atomic mass is 79.9. The van der Waals surface area contributed by atoms with Gasteiger partial charge in [-0.1, -0.05) is 15.9 Å². The van der Waals surface area contributed by atoms with E-state index >= 15 is 0 Å². The third-order valence-corrected chi connectivity index (χ3v) is 1.92. The van der Waals surface area contributed by atoms with Crippen LogP contribution in [0, 0.1) is 0 Å². The number of benzene rings is 1. The minimum atomic E-state index is -1.28. The fourth-order valence-corrected chi connectivity index (χ4v) is 1.05. The van der Waals surface area contributed by atoms with Gasteiger partial charge in [-0.05, 0) is 38.1 Å². The highest BCUT2D eigenvalue weighted by Gasteiger charge is 2.15. The van der Waals surface area contributed by atoms with Crippen molar-refractivity contribution in [3.8, 4) is 5.75 Å². The molecule has 0 aromatic heterocycles. The average Bonchev–Trinajstić information content (AvgIpc) is 2.02. The van der Waals surface area contributed by atoms with E-state index in [1.807, 2.05) is 12.1 Å². The molecule has 0 saturated heterocycles. The van der Waals surface area contributed by atoms with E-state index in [2.05, 4.69) is 15.9 Å². The summed E-state index contributed by atoms with van der Waals surface area (Å²) in [5, 5.41) is 0. The van der Waals surface area contributed by atoms with E-state index in [1.54, 1.807) is 12.1 Å². The number of hydrogen-bond donors (Lipinski definition) is 0. The van der Waals surface area contributed by atoms with Crippen LogP contribution in [0.4, 0.5) is 4.39 Å². The van der Waals surface area contributed by atoms with Crippen LogP contribution in [-0.4, -0.2) is 12.3 Å². The highest BCUT2D eigenvalue weighted by molar-refractivity contribution is 9.10. The first kappa shape index (κ1) is 10.5. The molecular weight excluding hydrogens is 235 g/mol. The third-order valence-electron chi connectivity index (χ3n) is 1.40. The minimum absolute atomic E-state index is 0.0780. The highest BCUT2D eigenvalue weighted by Crippen LogP contribution is 2.18. The van der Waals surface area contributed by atoms with E-state index < -0.39 is 5.67 Å². The van der Waals surface area contributed by atoms with Crippen molar-refractivity contribution in [2.75, 3.05) is 6.61 Å². The Morgan fingerprint density at radius 3 is 2.31 bits per heavy atom. The Labute approximate surface area is 86.0 Å². The monoisotopic (exact) mass is 246 g/mol. The number of alkyl halides is 1. The SMILES string of the molecule is CC(C)(F)COc1ccc(Br)cc1. The quantitative estimate of drug-likeness (QED) is 0.793. The van der Waals surface area contributed by atoms with Crippen LogP contribution >= 0.6 is 15.9 Å². The van der Waals surface area contributed by atoms with Crippen LogP contribution in [0.2, 0.25) is 0 Å². The molecule has 0 unspecified atom stereocenters. The Balaban J connectivity index is 2.51. The number of ether oxygens (including phenoxy) is 1. The van der Waals surface area contributed by atoms with Crippen LogP contribution in [0.1, 0.15) is 13.8 Å². The average molecular weight is 247 g/mol. The van der Waals surface area contributed by atoms with Crippen LogP contribution in [-0.2, 0) is 0 Å². The molecule has 0 fully saturated rings. The maximum absolute atomic E-state index is 13.0. The predicted molar refractivity (Wildman–Crippen MR) is 54.8 cm³/mol. The molecule has 0 aliphatic carbocycles. The van der Waals surface area contributed by atoms with Crippen LogP contribution in [0.15, 0.2) is 28.7 Å². The lowest BCUT2D eigenvalue weighted by Gasteiger charge is -2.14. The Morgan fingerprint density at radius 2 is 1.85 bits per heavy atom. The number of rotatable bonds is 3. The van der Waals surface area contributed by atoms with Crippen molar-refractivity contribution in [1.82, 2.24) is 0 Å². The van der Waals surface area contributed by atoms with Crippen LogP contribution in [0.5, 0.6) is 5.75 Å². The van der Waals surface area contributed by atoms with Crippen molar-refractivity contribution in [1.29, 1.82) is 0 Å². The Bertz CT molecular complexity index is 263. The molecule has 0 amide bonds. The molecule has 1 nitrogen and oxygen atoms in total. The molecule has 13 heavy (non-hydrogen) atoms. The minimum Gasteiger partial charge on any atom is -0.490 e. The molecular formula is C10H12BrFO. The van der Waals surface area contributed by atoms with Gasteiger partial charge in [0.25, 0.3) is 0 Å². The Morgan fingerprint density at radius 1 is 1.31 bits per heavy atom. The second kappa shape index (κ2) is 4.09. The summed E-state index contributed by atoms with van der Waals surface area (Å²) in [5.74, 6) is 0.689. The normalized spacial score (nSPS) is 11.4. The van der Waals surface area contributed by atoms with Crippen LogP contribution in [0.25, 0.3) is 0 Å². The van der Waals surface area contributed by atoms with Gasteiger partial charge in [0.15, 0.2) is 0 Å². The third kappa shape index (κ3) is 4.27. The molecule has 0 N–H and O–H groups in total.